The summed E-state index contributed by atoms with van der Waals surface area (Å²) in [6.45, 7) is 3.43. The van der Waals surface area contributed by atoms with E-state index in [0.717, 1.165) is 25.7 Å². The van der Waals surface area contributed by atoms with Crippen LogP contribution in [0.25, 0.3) is 0 Å². The van der Waals surface area contributed by atoms with Gasteiger partial charge in [0, 0.05) is 12.1 Å². The number of aliphatic hydroxyl groups excluding tert-OH is 2. The zero-order valence-corrected chi connectivity index (χ0v) is 10.9. The second-order valence-corrected chi connectivity index (χ2v) is 4.71. The van der Waals surface area contributed by atoms with Crippen LogP contribution in [0.4, 0.5) is 4.79 Å². The molecule has 1 heterocycles. The summed E-state index contributed by atoms with van der Waals surface area (Å²) in [5, 5.41) is 18.5. The van der Waals surface area contributed by atoms with Gasteiger partial charge in [-0.3, -0.25) is 0 Å². The van der Waals surface area contributed by atoms with Gasteiger partial charge in [0.05, 0.1) is 19.8 Å². The van der Waals surface area contributed by atoms with Crippen molar-refractivity contribution >= 4 is 6.09 Å². The van der Waals surface area contributed by atoms with Crippen molar-refractivity contribution in [2.24, 2.45) is 0 Å². The molecule has 0 aliphatic carbocycles. The Bertz CT molecular complexity index is 282. The number of hydrogen-bond acceptors (Lipinski definition) is 4. The van der Waals surface area contributed by atoms with Gasteiger partial charge >= 0.3 is 6.09 Å². The number of nitrogens with zero attached hydrogens (tertiary/aromatic N) is 1. The van der Waals surface area contributed by atoms with Crippen molar-refractivity contribution < 1.29 is 19.7 Å². The third-order valence-corrected chi connectivity index (χ3v) is 3.44. The monoisotopic (exact) mass is 257 g/mol. The Morgan fingerprint density at radius 1 is 1.56 bits per heavy atom. The van der Waals surface area contributed by atoms with E-state index >= 15 is 0 Å². The highest BCUT2D eigenvalue weighted by molar-refractivity contribution is 5.68. The second-order valence-electron chi connectivity index (χ2n) is 4.71. The van der Waals surface area contributed by atoms with E-state index < -0.39 is 6.10 Å². The summed E-state index contributed by atoms with van der Waals surface area (Å²) >= 11 is 0. The third kappa shape index (κ3) is 3.71. The highest BCUT2D eigenvalue weighted by Gasteiger charge is 2.35. The summed E-state index contributed by atoms with van der Waals surface area (Å²) in [6.07, 6.45) is 4.52. The Kier molecular flexibility index (Phi) is 6.15. The molecule has 5 heteroatoms. The molecule has 104 valence electrons. The number of ether oxygens (including phenoxy) is 1. The molecule has 0 radical (unpaired) electrons. The smallest absolute Gasteiger partial charge is 0.409 e. The molecule has 0 unspecified atom stereocenters. The van der Waals surface area contributed by atoms with E-state index in [2.05, 4.69) is 6.58 Å². The van der Waals surface area contributed by atoms with E-state index in [1.165, 1.54) is 7.11 Å². The normalized spacial score (nSPS) is 25.6. The summed E-state index contributed by atoms with van der Waals surface area (Å²) in [5.74, 6) is 0. The Morgan fingerprint density at radius 3 is 2.78 bits per heavy atom. The minimum Gasteiger partial charge on any atom is -0.453 e. The van der Waals surface area contributed by atoms with Crippen molar-refractivity contribution in [3.63, 3.8) is 0 Å². The van der Waals surface area contributed by atoms with E-state index in [0.29, 0.717) is 6.42 Å². The molecule has 1 rings (SSSR count). The van der Waals surface area contributed by atoms with Crippen LogP contribution in [0.3, 0.4) is 0 Å². The van der Waals surface area contributed by atoms with Crippen LogP contribution in [0, 0.1) is 0 Å². The number of rotatable bonds is 5. The zero-order valence-electron chi connectivity index (χ0n) is 10.9. The lowest BCUT2D eigenvalue weighted by Crippen LogP contribution is -2.51. The number of carbonyl (C=O) groups excluding carboxylic acids is 1. The third-order valence-electron chi connectivity index (χ3n) is 3.44. The van der Waals surface area contributed by atoms with Gasteiger partial charge in [0.15, 0.2) is 0 Å². The molecule has 0 saturated carbocycles. The molecule has 0 aromatic heterocycles. The Balaban J connectivity index is 2.77. The molecule has 1 amide bonds. The molecule has 0 spiro atoms. The van der Waals surface area contributed by atoms with E-state index in [4.69, 9.17) is 9.84 Å². The lowest BCUT2D eigenvalue weighted by atomic mass is 9.91. The maximum atomic E-state index is 11.9. The van der Waals surface area contributed by atoms with Gasteiger partial charge in [-0.05, 0) is 32.1 Å². The lowest BCUT2D eigenvalue weighted by Gasteiger charge is -2.41. The van der Waals surface area contributed by atoms with Crippen LogP contribution in [-0.4, -0.2) is 53.1 Å². The van der Waals surface area contributed by atoms with Gasteiger partial charge in [0.25, 0.3) is 0 Å². The van der Waals surface area contributed by atoms with Gasteiger partial charge < -0.3 is 19.8 Å². The largest absolute Gasteiger partial charge is 0.453 e. The molecule has 18 heavy (non-hydrogen) atoms. The summed E-state index contributed by atoms with van der Waals surface area (Å²) < 4.78 is 4.82. The van der Waals surface area contributed by atoms with Gasteiger partial charge in [-0.25, -0.2) is 4.79 Å². The minimum atomic E-state index is -0.787. The van der Waals surface area contributed by atoms with Gasteiger partial charge in [-0.1, -0.05) is 6.08 Å². The molecule has 3 atom stereocenters. The number of amides is 1. The summed E-state index contributed by atoms with van der Waals surface area (Å²) in [5.41, 5.74) is 0. The van der Waals surface area contributed by atoms with Gasteiger partial charge in [0.1, 0.15) is 0 Å². The highest BCUT2D eigenvalue weighted by atomic mass is 16.5. The molecule has 0 aromatic carbocycles. The Hall–Kier alpha value is -1.07. The molecule has 1 aliphatic heterocycles. The van der Waals surface area contributed by atoms with Crippen molar-refractivity contribution in [3.8, 4) is 0 Å². The molecule has 2 N–H and O–H groups in total. The molecule has 1 fully saturated rings. The number of aliphatic hydroxyl groups is 2. The number of hydrogen-bond donors (Lipinski definition) is 2. The van der Waals surface area contributed by atoms with Crippen LogP contribution in [0.2, 0.25) is 0 Å². The first kappa shape index (κ1) is 15.0. The predicted molar refractivity (Wildman–Crippen MR) is 68.2 cm³/mol. The summed E-state index contributed by atoms with van der Waals surface area (Å²) in [6, 6.07) is 0.0119. The van der Waals surface area contributed by atoms with Crippen molar-refractivity contribution in [2.75, 3.05) is 13.7 Å². The summed E-state index contributed by atoms with van der Waals surface area (Å²) in [4.78, 5) is 13.6. The minimum absolute atomic E-state index is 0.0710. The van der Waals surface area contributed by atoms with Crippen molar-refractivity contribution in [1.29, 1.82) is 0 Å². The second kappa shape index (κ2) is 7.38. The van der Waals surface area contributed by atoms with Gasteiger partial charge in [0.2, 0.25) is 0 Å². The van der Waals surface area contributed by atoms with Crippen LogP contribution in [0.1, 0.15) is 32.1 Å². The van der Waals surface area contributed by atoms with Crippen molar-refractivity contribution in [2.45, 2.75) is 50.3 Å². The first-order valence-corrected chi connectivity index (χ1v) is 6.40. The van der Waals surface area contributed by atoms with Gasteiger partial charge in [-0.2, -0.15) is 0 Å². The average Bonchev–Trinajstić information content (AvgIpc) is 2.38. The Morgan fingerprint density at radius 2 is 2.22 bits per heavy atom. The molecule has 1 saturated heterocycles. The predicted octanol–water partition coefficient (Wildman–Crippen LogP) is 1.30. The van der Waals surface area contributed by atoms with Crippen LogP contribution >= 0.6 is 0 Å². The zero-order chi connectivity index (χ0) is 13.5. The highest BCUT2D eigenvalue weighted by Crippen LogP contribution is 2.28. The number of carbonyl (C=O) groups is 1. The molecule has 5 nitrogen and oxygen atoms in total. The summed E-state index contributed by atoms with van der Waals surface area (Å²) in [7, 11) is 1.36. The maximum Gasteiger partial charge on any atom is 0.409 e. The number of methoxy groups -OCH3 is 1. The fourth-order valence-corrected chi connectivity index (χ4v) is 2.61. The first-order chi connectivity index (χ1) is 8.63. The van der Waals surface area contributed by atoms with Gasteiger partial charge in [-0.15, -0.1) is 6.58 Å². The number of piperidine rings is 1. The standard InChI is InChI=1S/C13H23NO4/c1-3-5-10-6-4-7-11(8-12(16)9-15)14(10)13(17)18-2/h3,10-12,15-16H,1,4-9H2,2H3/t10-,11+,12-/m1/s1. The molecular formula is C13H23NO4. The van der Waals surface area contributed by atoms with Crippen LogP contribution in [0.5, 0.6) is 0 Å². The van der Waals surface area contributed by atoms with Crippen LogP contribution in [0.15, 0.2) is 12.7 Å². The quantitative estimate of drug-likeness (QED) is 0.728. The fraction of sp³-hybridized carbons (Fsp3) is 0.769. The van der Waals surface area contributed by atoms with E-state index in [1.54, 1.807) is 11.0 Å². The van der Waals surface area contributed by atoms with E-state index in [1.807, 2.05) is 0 Å². The van der Waals surface area contributed by atoms with Crippen molar-refractivity contribution in [3.05, 3.63) is 12.7 Å². The molecular weight excluding hydrogens is 234 g/mol. The Labute approximate surface area is 108 Å². The van der Waals surface area contributed by atoms with Crippen molar-refractivity contribution in [1.82, 2.24) is 4.90 Å². The SMILES string of the molecule is C=CC[C@@H]1CCC[C@@H](C[C@@H](O)CO)N1C(=O)OC. The van der Waals surface area contributed by atoms with E-state index in [9.17, 15) is 9.90 Å². The lowest BCUT2D eigenvalue weighted by molar-refractivity contribution is 0.0204. The molecule has 1 aliphatic rings. The topological polar surface area (TPSA) is 70.0 Å². The molecule has 0 bridgehead atoms. The van der Waals surface area contributed by atoms with Crippen LogP contribution < -0.4 is 0 Å². The van der Waals surface area contributed by atoms with Crippen LogP contribution in [-0.2, 0) is 4.74 Å². The average molecular weight is 257 g/mol. The first-order valence-electron chi connectivity index (χ1n) is 6.40. The van der Waals surface area contributed by atoms with E-state index in [-0.39, 0.29) is 24.8 Å². The molecule has 0 aromatic rings. The fourth-order valence-electron chi connectivity index (χ4n) is 2.61. The maximum absolute atomic E-state index is 11.9. The number of likely N-dealkylation sites (tertiary alicyclic amines) is 1.